The minimum absolute atomic E-state index is 0.0225. The van der Waals surface area contributed by atoms with Crippen molar-refractivity contribution in [2.45, 2.75) is 18.9 Å². The molecule has 1 heterocycles. The Morgan fingerprint density at radius 1 is 1.29 bits per heavy atom. The fraction of sp³-hybridized carbons (Fsp3) is 0.200. The molecule has 2 rings (SSSR count). The molecule has 1 amide bonds. The number of benzene rings is 1. The fourth-order valence-corrected chi connectivity index (χ4v) is 2.17. The zero-order chi connectivity index (χ0) is 15.2. The molecule has 0 fully saturated rings. The van der Waals surface area contributed by atoms with Crippen LogP contribution in [-0.2, 0) is 4.79 Å². The van der Waals surface area contributed by atoms with Crippen LogP contribution in [0.1, 0.15) is 34.9 Å². The van der Waals surface area contributed by atoms with E-state index in [4.69, 9.17) is 16.7 Å². The van der Waals surface area contributed by atoms with Crippen molar-refractivity contribution in [2.24, 2.45) is 0 Å². The molecule has 1 aromatic heterocycles. The highest BCUT2D eigenvalue weighted by molar-refractivity contribution is 6.30. The summed E-state index contributed by atoms with van der Waals surface area (Å²) in [7, 11) is 0. The number of aliphatic carboxylic acids is 1. The van der Waals surface area contributed by atoms with E-state index in [1.165, 1.54) is 12.3 Å². The van der Waals surface area contributed by atoms with E-state index in [0.717, 1.165) is 5.56 Å². The van der Waals surface area contributed by atoms with Crippen molar-refractivity contribution >= 4 is 23.5 Å². The molecule has 21 heavy (non-hydrogen) atoms. The number of hydrogen-bond acceptors (Lipinski definition) is 2. The predicted octanol–water partition coefficient (Wildman–Crippen LogP) is 3.00. The topological polar surface area (TPSA) is 82.2 Å². The highest BCUT2D eigenvalue weighted by Crippen LogP contribution is 2.19. The lowest BCUT2D eigenvalue weighted by atomic mass is 10.0. The summed E-state index contributed by atoms with van der Waals surface area (Å²) >= 11 is 5.77. The van der Waals surface area contributed by atoms with E-state index in [1.54, 1.807) is 0 Å². The SMILES string of the molecule is O=C(O)CCC(NC(=O)c1cc(Cl)c[nH]1)c1ccccc1. The van der Waals surface area contributed by atoms with E-state index >= 15 is 0 Å². The van der Waals surface area contributed by atoms with Gasteiger partial charge in [-0.2, -0.15) is 0 Å². The smallest absolute Gasteiger partial charge is 0.303 e. The number of aromatic nitrogens is 1. The van der Waals surface area contributed by atoms with Crippen LogP contribution in [0.3, 0.4) is 0 Å². The van der Waals surface area contributed by atoms with Crippen molar-refractivity contribution in [2.75, 3.05) is 0 Å². The molecular weight excluding hydrogens is 292 g/mol. The van der Waals surface area contributed by atoms with Gasteiger partial charge in [0.05, 0.1) is 11.1 Å². The fourth-order valence-electron chi connectivity index (χ4n) is 2.01. The summed E-state index contributed by atoms with van der Waals surface area (Å²) in [5.74, 6) is -1.21. The van der Waals surface area contributed by atoms with Crippen molar-refractivity contribution in [1.29, 1.82) is 0 Å². The van der Waals surface area contributed by atoms with Crippen LogP contribution in [0, 0.1) is 0 Å². The number of nitrogens with one attached hydrogen (secondary N) is 2. The third kappa shape index (κ3) is 4.36. The molecule has 0 aliphatic carbocycles. The number of carboxylic acids is 1. The molecule has 1 aromatic carbocycles. The lowest BCUT2D eigenvalue weighted by molar-refractivity contribution is -0.137. The summed E-state index contributed by atoms with van der Waals surface area (Å²) in [6.45, 7) is 0. The number of rotatable bonds is 6. The van der Waals surface area contributed by atoms with Gasteiger partial charge in [0, 0.05) is 12.6 Å². The molecule has 0 saturated carbocycles. The Morgan fingerprint density at radius 3 is 2.57 bits per heavy atom. The molecule has 2 aromatic rings. The summed E-state index contributed by atoms with van der Waals surface area (Å²) in [5.41, 5.74) is 1.21. The summed E-state index contributed by atoms with van der Waals surface area (Å²) < 4.78 is 0. The second-order valence-corrected chi connectivity index (χ2v) is 5.04. The van der Waals surface area contributed by atoms with Crippen molar-refractivity contribution in [1.82, 2.24) is 10.3 Å². The molecule has 5 nitrogen and oxygen atoms in total. The van der Waals surface area contributed by atoms with Crippen molar-refractivity contribution in [3.63, 3.8) is 0 Å². The number of carbonyl (C=O) groups excluding carboxylic acids is 1. The van der Waals surface area contributed by atoms with Gasteiger partial charge in [0.25, 0.3) is 5.91 Å². The van der Waals surface area contributed by atoms with Gasteiger partial charge in [-0.25, -0.2) is 0 Å². The van der Waals surface area contributed by atoms with Crippen LogP contribution in [0.15, 0.2) is 42.6 Å². The molecule has 1 unspecified atom stereocenters. The number of aromatic amines is 1. The van der Waals surface area contributed by atoms with Gasteiger partial charge < -0.3 is 15.4 Å². The van der Waals surface area contributed by atoms with Crippen LogP contribution >= 0.6 is 11.6 Å². The summed E-state index contributed by atoms with van der Waals surface area (Å²) in [4.78, 5) is 25.7. The van der Waals surface area contributed by atoms with Crippen LogP contribution < -0.4 is 5.32 Å². The maximum Gasteiger partial charge on any atom is 0.303 e. The second-order valence-electron chi connectivity index (χ2n) is 4.60. The van der Waals surface area contributed by atoms with E-state index in [-0.39, 0.29) is 18.4 Å². The Hall–Kier alpha value is -2.27. The van der Waals surface area contributed by atoms with E-state index in [1.807, 2.05) is 30.3 Å². The summed E-state index contributed by atoms with van der Waals surface area (Å²) in [5, 5.41) is 12.1. The van der Waals surface area contributed by atoms with Crippen LogP contribution in [-0.4, -0.2) is 22.0 Å². The quantitative estimate of drug-likeness (QED) is 0.767. The first-order chi connectivity index (χ1) is 10.1. The van der Waals surface area contributed by atoms with Crippen LogP contribution in [0.4, 0.5) is 0 Å². The Morgan fingerprint density at radius 2 is 2.00 bits per heavy atom. The number of H-pyrrole nitrogens is 1. The molecule has 3 N–H and O–H groups in total. The van der Waals surface area contributed by atoms with Gasteiger partial charge in [-0.3, -0.25) is 9.59 Å². The molecule has 0 aliphatic rings. The average Bonchev–Trinajstić information content (AvgIpc) is 2.90. The highest BCUT2D eigenvalue weighted by Gasteiger charge is 2.17. The Bertz CT molecular complexity index is 625. The van der Waals surface area contributed by atoms with E-state index < -0.39 is 5.97 Å². The number of carboxylic acid groups (broad SMARTS) is 1. The number of hydrogen-bond donors (Lipinski definition) is 3. The highest BCUT2D eigenvalue weighted by atomic mass is 35.5. The molecular formula is C15H15ClN2O3. The third-order valence-corrected chi connectivity index (χ3v) is 3.26. The molecule has 0 saturated heterocycles. The van der Waals surface area contributed by atoms with Gasteiger partial charge in [-0.05, 0) is 18.1 Å². The van der Waals surface area contributed by atoms with Gasteiger partial charge >= 0.3 is 5.97 Å². The molecule has 0 spiro atoms. The summed E-state index contributed by atoms with van der Waals surface area (Å²) in [6, 6.07) is 10.4. The molecule has 0 bridgehead atoms. The summed E-state index contributed by atoms with van der Waals surface area (Å²) in [6.07, 6.45) is 1.82. The Balaban J connectivity index is 2.12. The standard InChI is InChI=1S/C15H15ClN2O3/c16-11-8-13(17-9-11)15(21)18-12(6-7-14(19)20)10-4-2-1-3-5-10/h1-5,8-9,12,17H,6-7H2,(H,18,21)(H,19,20). The van der Waals surface area contributed by atoms with Crippen molar-refractivity contribution in [3.05, 3.63) is 58.9 Å². The Kier molecular flexibility index (Phi) is 5.00. The van der Waals surface area contributed by atoms with Crippen LogP contribution in [0.5, 0.6) is 0 Å². The maximum absolute atomic E-state index is 12.1. The monoisotopic (exact) mass is 306 g/mol. The predicted molar refractivity (Wildman–Crippen MR) is 79.3 cm³/mol. The van der Waals surface area contributed by atoms with Gasteiger partial charge in [-0.15, -0.1) is 0 Å². The molecule has 6 heteroatoms. The van der Waals surface area contributed by atoms with Gasteiger partial charge in [-0.1, -0.05) is 41.9 Å². The van der Waals surface area contributed by atoms with Crippen LogP contribution in [0.2, 0.25) is 5.02 Å². The first kappa shape index (κ1) is 15.1. The molecule has 0 radical (unpaired) electrons. The van der Waals surface area contributed by atoms with Gasteiger partial charge in [0.15, 0.2) is 0 Å². The zero-order valence-corrected chi connectivity index (χ0v) is 11.9. The minimum atomic E-state index is -0.895. The van der Waals surface area contributed by atoms with Crippen LogP contribution in [0.25, 0.3) is 0 Å². The number of halogens is 1. The van der Waals surface area contributed by atoms with Gasteiger partial charge in [0.1, 0.15) is 5.69 Å². The maximum atomic E-state index is 12.1. The lowest BCUT2D eigenvalue weighted by Gasteiger charge is -2.18. The molecule has 1 atom stereocenters. The largest absolute Gasteiger partial charge is 0.481 e. The zero-order valence-electron chi connectivity index (χ0n) is 11.2. The first-order valence-electron chi connectivity index (χ1n) is 6.48. The average molecular weight is 307 g/mol. The minimum Gasteiger partial charge on any atom is -0.481 e. The van der Waals surface area contributed by atoms with Crippen molar-refractivity contribution in [3.8, 4) is 0 Å². The third-order valence-electron chi connectivity index (χ3n) is 3.05. The van der Waals surface area contributed by atoms with E-state index in [0.29, 0.717) is 17.1 Å². The lowest BCUT2D eigenvalue weighted by Crippen LogP contribution is -2.29. The molecule has 0 aliphatic heterocycles. The number of carbonyl (C=O) groups is 2. The van der Waals surface area contributed by atoms with Crippen molar-refractivity contribution < 1.29 is 14.7 Å². The van der Waals surface area contributed by atoms with E-state index in [9.17, 15) is 9.59 Å². The Labute approximate surface area is 126 Å². The second kappa shape index (κ2) is 6.95. The molecule has 110 valence electrons. The first-order valence-corrected chi connectivity index (χ1v) is 6.85. The van der Waals surface area contributed by atoms with Gasteiger partial charge in [0.2, 0.25) is 0 Å². The normalized spacial score (nSPS) is 11.9. The number of amides is 1. The van der Waals surface area contributed by atoms with E-state index in [2.05, 4.69) is 10.3 Å².